The zero-order valence-corrected chi connectivity index (χ0v) is 20.4. The Kier molecular flexibility index (Phi) is 9.05. The van der Waals surface area contributed by atoms with Crippen molar-refractivity contribution in [2.75, 3.05) is 38.4 Å². The average Bonchev–Trinajstić information content (AvgIpc) is 3.08. The molecule has 0 spiro atoms. The van der Waals surface area contributed by atoms with Crippen molar-refractivity contribution in [2.24, 2.45) is 4.99 Å². The van der Waals surface area contributed by atoms with Crippen molar-refractivity contribution < 1.29 is 9.47 Å². The second kappa shape index (κ2) is 12.0. The first-order valence-corrected chi connectivity index (χ1v) is 10.8. The molecule has 2 N–H and O–H groups in total. The van der Waals surface area contributed by atoms with Gasteiger partial charge in [-0.25, -0.2) is 4.98 Å². The molecular formula is C23H32IN5O2. The van der Waals surface area contributed by atoms with Crippen LogP contribution < -0.4 is 25.0 Å². The molecule has 31 heavy (non-hydrogen) atoms. The number of rotatable bonds is 6. The molecule has 0 aliphatic carbocycles. The number of hydrogen-bond acceptors (Lipinski definition) is 5. The summed E-state index contributed by atoms with van der Waals surface area (Å²) in [6.45, 7) is 4.01. The fourth-order valence-electron chi connectivity index (χ4n) is 3.84. The third kappa shape index (κ3) is 6.62. The number of halogens is 1. The molecule has 168 valence electrons. The van der Waals surface area contributed by atoms with Gasteiger partial charge in [-0.2, -0.15) is 0 Å². The van der Waals surface area contributed by atoms with Crippen molar-refractivity contribution in [1.82, 2.24) is 15.6 Å². The second-order valence-electron chi connectivity index (χ2n) is 7.72. The molecule has 4 rings (SSSR count). The maximum Gasteiger partial charge on any atom is 0.231 e. The number of pyridine rings is 1. The summed E-state index contributed by atoms with van der Waals surface area (Å²) in [7, 11) is 1.79. The number of ether oxygens (including phenoxy) is 2. The molecule has 0 amide bonds. The monoisotopic (exact) mass is 537 g/mol. The highest BCUT2D eigenvalue weighted by Crippen LogP contribution is 2.32. The van der Waals surface area contributed by atoms with Gasteiger partial charge in [-0.05, 0) is 48.6 Å². The van der Waals surface area contributed by atoms with Crippen LogP contribution in [-0.2, 0) is 13.0 Å². The maximum absolute atomic E-state index is 5.44. The Morgan fingerprint density at radius 3 is 2.52 bits per heavy atom. The molecule has 1 saturated heterocycles. The summed E-state index contributed by atoms with van der Waals surface area (Å²) in [5.74, 6) is 3.52. The van der Waals surface area contributed by atoms with Crippen LogP contribution >= 0.6 is 24.0 Å². The molecule has 0 radical (unpaired) electrons. The number of fused-ring (bicyclic) bond motifs is 1. The fourth-order valence-corrected chi connectivity index (χ4v) is 3.84. The van der Waals surface area contributed by atoms with E-state index in [1.165, 1.54) is 31.2 Å². The fraction of sp³-hybridized carbons (Fsp3) is 0.478. The van der Waals surface area contributed by atoms with Crippen LogP contribution in [0.5, 0.6) is 11.5 Å². The van der Waals surface area contributed by atoms with Crippen molar-refractivity contribution >= 4 is 35.8 Å². The number of anilines is 1. The zero-order chi connectivity index (χ0) is 20.6. The van der Waals surface area contributed by atoms with Crippen molar-refractivity contribution in [3.05, 3.63) is 47.7 Å². The van der Waals surface area contributed by atoms with Gasteiger partial charge in [0.15, 0.2) is 17.5 Å². The molecule has 2 aliphatic rings. The summed E-state index contributed by atoms with van der Waals surface area (Å²) in [5.41, 5.74) is 2.35. The first kappa shape index (κ1) is 23.4. The molecule has 1 fully saturated rings. The first-order chi connectivity index (χ1) is 14.8. The van der Waals surface area contributed by atoms with Crippen LogP contribution in [0.1, 0.15) is 36.8 Å². The lowest BCUT2D eigenvalue weighted by atomic mass is 10.1. The highest BCUT2D eigenvalue weighted by atomic mass is 127. The molecule has 7 nitrogen and oxygen atoms in total. The van der Waals surface area contributed by atoms with Crippen molar-refractivity contribution in [3.63, 3.8) is 0 Å². The molecule has 2 aromatic rings. The van der Waals surface area contributed by atoms with Gasteiger partial charge >= 0.3 is 0 Å². The Morgan fingerprint density at radius 2 is 1.77 bits per heavy atom. The number of nitrogens with one attached hydrogen (secondary N) is 2. The first-order valence-electron chi connectivity index (χ1n) is 10.8. The van der Waals surface area contributed by atoms with Crippen LogP contribution in [0.25, 0.3) is 0 Å². The number of hydrogen-bond donors (Lipinski definition) is 2. The molecule has 0 atom stereocenters. The maximum atomic E-state index is 5.44. The number of guanidine groups is 1. The quantitative estimate of drug-likeness (QED) is 0.333. The van der Waals surface area contributed by atoms with E-state index in [0.717, 1.165) is 54.9 Å². The van der Waals surface area contributed by atoms with Gasteiger partial charge in [-0.15, -0.1) is 24.0 Å². The van der Waals surface area contributed by atoms with E-state index in [4.69, 9.17) is 9.47 Å². The van der Waals surface area contributed by atoms with Gasteiger partial charge < -0.3 is 25.0 Å². The highest BCUT2D eigenvalue weighted by Gasteiger charge is 2.13. The van der Waals surface area contributed by atoms with Gasteiger partial charge in [0.1, 0.15) is 5.82 Å². The van der Waals surface area contributed by atoms with E-state index in [1.54, 1.807) is 7.05 Å². The Balaban J connectivity index is 0.00000272. The van der Waals surface area contributed by atoms with E-state index in [0.29, 0.717) is 13.3 Å². The average molecular weight is 537 g/mol. The highest BCUT2D eigenvalue weighted by molar-refractivity contribution is 14.0. The number of aromatic nitrogens is 1. The van der Waals surface area contributed by atoms with Gasteiger partial charge in [0.2, 0.25) is 6.79 Å². The van der Waals surface area contributed by atoms with Crippen LogP contribution in [-0.4, -0.2) is 44.4 Å². The standard InChI is InChI=1S/C23H31N5O2.HI/c1-24-23(25-11-10-18-6-8-20-21(14-18)30-17-29-20)27-16-19-7-9-22(26-15-19)28-12-4-2-3-5-13-28;/h6-9,14-15H,2-5,10-13,16-17H2,1H3,(H2,24,25,27);1H. The Labute approximate surface area is 201 Å². The summed E-state index contributed by atoms with van der Waals surface area (Å²) in [5, 5.41) is 6.73. The van der Waals surface area contributed by atoms with Crippen molar-refractivity contribution in [1.29, 1.82) is 0 Å². The molecule has 0 bridgehead atoms. The molecule has 0 unspecified atom stereocenters. The zero-order valence-electron chi connectivity index (χ0n) is 18.1. The van der Waals surface area contributed by atoms with Crippen LogP contribution in [0.15, 0.2) is 41.5 Å². The summed E-state index contributed by atoms with van der Waals surface area (Å²) < 4.78 is 10.8. The van der Waals surface area contributed by atoms with E-state index < -0.39 is 0 Å². The van der Waals surface area contributed by atoms with Crippen molar-refractivity contribution in [3.8, 4) is 11.5 Å². The van der Waals surface area contributed by atoms with E-state index >= 15 is 0 Å². The largest absolute Gasteiger partial charge is 0.454 e. The number of benzene rings is 1. The molecule has 1 aromatic heterocycles. The van der Waals surface area contributed by atoms with Crippen LogP contribution in [0.2, 0.25) is 0 Å². The Hall–Kier alpha value is -2.23. The Morgan fingerprint density at radius 1 is 1.00 bits per heavy atom. The van der Waals surface area contributed by atoms with E-state index in [1.807, 2.05) is 18.3 Å². The summed E-state index contributed by atoms with van der Waals surface area (Å²) in [6.07, 6.45) is 8.04. The molecule has 1 aromatic carbocycles. The van der Waals surface area contributed by atoms with Gasteiger partial charge in [0.25, 0.3) is 0 Å². The molecule has 0 saturated carbocycles. The van der Waals surface area contributed by atoms with E-state index in [9.17, 15) is 0 Å². The van der Waals surface area contributed by atoms with Gasteiger partial charge in [0, 0.05) is 39.4 Å². The predicted octanol–water partition coefficient (Wildman–Crippen LogP) is 3.72. The summed E-state index contributed by atoms with van der Waals surface area (Å²) in [6, 6.07) is 10.4. The third-order valence-electron chi connectivity index (χ3n) is 5.57. The number of aliphatic imine (C=N–C) groups is 1. The second-order valence-corrected chi connectivity index (χ2v) is 7.72. The minimum atomic E-state index is 0. The third-order valence-corrected chi connectivity index (χ3v) is 5.57. The smallest absolute Gasteiger partial charge is 0.231 e. The molecule has 8 heteroatoms. The summed E-state index contributed by atoms with van der Waals surface area (Å²) >= 11 is 0. The SMILES string of the molecule is CN=C(NCCc1ccc2c(c1)OCO2)NCc1ccc(N2CCCCCC2)nc1.I. The number of nitrogens with zero attached hydrogens (tertiary/aromatic N) is 3. The lowest BCUT2D eigenvalue weighted by molar-refractivity contribution is 0.174. The van der Waals surface area contributed by atoms with Crippen LogP contribution in [0.4, 0.5) is 5.82 Å². The van der Waals surface area contributed by atoms with Gasteiger partial charge in [0.05, 0.1) is 0 Å². The topological polar surface area (TPSA) is 71.0 Å². The van der Waals surface area contributed by atoms with Gasteiger partial charge in [-0.3, -0.25) is 4.99 Å². The minimum absolute atomic E-state index is 0. The van der Waals surface area contributed by atoms with Crippen LogP contribution in [0, 0.1) is 0 Å². The van der Waals surface area contributed by atoms with Gasteiger partial charge in [-0.1, -0.05) is 25.0 Å². The Bertz CT molecular complexity index is 852. The molecule has 3 heterocycles. The normalized spacial score (nSPS) is 15.8. The van der Waals surface area contributed by atoms with Crippen molar-refractivity contribution in [2.45, 2.75) is 38.6 Å². The minimum Gasteiger partial charge on any atom is -0.454 e. The lowest BCUT2D eigenvalue weighted by Gasteiger charge is -2.21. The van der Waals surface area contributed by atoms with E-state index in [-0.39, 0.29) is 24.0 Å². The molecule has 2 aliphatic heterocycles. The van der Waals surface area contributed by atoms with Crippen LogP contribution in [0.3, 0.4) is 0 Å². The van der Waals surface area contributed by atoms with E-state index in [2.05, 4.69) is 43.7 Å². The molecular weight excluding hydrogens is 505 g/mol. The summed E-state index contributed by atoms with van der Waals surface area (Å²) in [4.78, 5) is 11.4. The lowest BCUT2D eigenvalue weighted by Crippen LogP contribution is -2.37. The predicted molar refractivity (Wildman–Crippen MR) is 135 cm³/mol.